The van der Waals surface area contributed by atoms with E-state index in [0.717, 1.165) is 22.2 Å². The highest BCUT2D eigenvalue weighted by atomic mass is 79.9. The number of hydrogen-bond acceptors (Lipinski definition) is 2. The molecule has 6 rings (SSSR count). The average molecular weight is 633 g/mol. The number of allylic oxidation sites excluding steroid dienone is 5. The number of likely N-dealkylation sites (N-methyl/N-ethyl adjacent to an activating group) is 1. The van der Waals surface area contributed by atoms with Crippen molar-refractivity contribution < 1.29 is 4.74 Å². The first-order chi connectivity index (χ1) is 20.8. The van der Waals surface area contributed by atoms with Crippen LogP contribution in [-0.4, -0.2) is 14.2 Å². The van der Waals surface area contributed by atoms with Crippen LogP contribution in [0.15, 0.2) is 119 Å². The van der Waals surface area contributed by atoms with Gasteiger partial charge in [0, 0.05) is 33.7 Å². The molecule has 2 aliphatic rings. The van der Waals surface area contributed by atoms with Gasteiger partial charge in [-0.1, -0.05) is 109 Å². The van der Waals surface area contributed by atoms with Gasteiger partial charge in [-0.05, 0) is 101 Å². The number of rotatable bonds is 7. The molecule has 1 aliphatic heterocycles. The highest BCUT2D eigenvalue weighted by Crippen LogP contribution is 2.55. The topological polar surface area (TPSA) is 12.5 Å². The number of ether oxygens (including phenoxy) is 1. The maximum atomic E-state index is 5.67. The highest BCUT2D eigenvalue weighted by molar-refractivity contribution is 9.10. The molecule has 0 amide bonds. The predicted molar refractivity (Wildman–Crippen MR) is 186 cm³/mol. The summed E-state index contributed by atoms with van der Waals surface area (Å²) < 4.78 is 6.77. The quantitative estimate of drug-likeness (QED) is 0.188. The third-order valence-electron chi connectivity index (χ3n) is 10.0. The predicted octanol–water partition coefficient (Wildman–Crippen LogP) is 10.8. The molecule has 1 spiro atoms. The van der Waals surface area contributed by atoms with Gasteiger partial charge in [0.05, 0.1) is 7.11 Å². The van der Waals surface area contributed by atoms with E-state index in [4.69, 9.17) is 11.3 Å². The van der Waals surface area contributed by atoms with Crippen LogP contribution in [0.25, 0.3) is 10.8 Å². The number of methoxy groups -OCH3 is 1. The first-order valence-electron chi connectivity index (χ1n) is 15.5. The van der Waals surface area contributed by atoms with Crippen molar-refractivity contribution in [2.24, 2.45) is 0 Å². The zero-order chi connectivity index (χ0) is 30.2. The Bertz CT molecular complexity index is 1740. The van der Waals surface area contributed by atoms with E-state index < -0.39 is 0 Å². The second-order valence-electron chi connectivity index (χ2n) is 12.6. The molecule has 1 fully saturated rings. The molecule has 1 heterocycles. The summed E-state index contributed by atoms with van der Waals surface area (Å²) in [4.78, 5) is 2.41. The zero-order valence-electron chi connectivity index (χ0n) is 25.9. The van der Waals surface area contributed by atoms with Crippen LogP contribution in [0.2, 0.25) is 0 Å². The monoisotopic (exact) mass is 631 g/mol. The molecule has 2 nitrogen and oxygen atoms in total. The summed E-state index contributed by atoms with van der Waals surface area (Å²) in [5.74, 6) is 0.941. The summed E-state index contributed by atoms with van der Waals surface area (Å²) in [7, 11) is 3.99. The van der Waals surface area contributed by atoms with E-state index in [1.165, 1.54) is 76.5 Å². The Labute approximate surface area is 265 Å². The largest absolute Gasteiger partial charge is 0.497 e. The summed E-state index contributed by atoms with van der Waals surface area (Å²) in [6.45, 7) is 9.37. The van der Waals surface area contributed by atoms with E-state index in [1.807, 2.05) is 0 Å². The molecule has 1 atom stereocenters. The standard InChI is InChI=1S/C40H42BrNO/c1-28-19-20-31-15-7-8-17-34(31)38(28)39(3,27-30-14-12-16-32(41)25-30)29(2)13-11-18-37-40(23-9-6-10-24-40)35-26-33(43-5)21-22-36(35)42(37)4/h7-8,11-22,25-26H,2,6,9-10,23-24,27H2,1,3-5H3/b13-11+,37-18+. The molecule has 1 saturated carbocycles. The van der Waals surface area contributed by atoms with Crippen molar-refractivity contribution in [2.45, 2.75) is 63.2 Å². The molecule has 4 aromatic carbocycles. The fourth-order valence-corrected chi connectivity index (χ4v) is 8.28. The zero-order valence-corrected chi connectivity index (χ0v) is 27.5. The van der Waals surface area contributed by atoms with Crippen molar-refractivity contribution in [3.63, 3.8) is 0 Å². The molecule has 0 bridgehead atoms. The molecule has 0 aromatic heterocycles. The SMILES string of the molecule is C=C(/C=C/C=C1/N(C)c2ccc(OC)cc2C12CCCCC2)C(C)(Cc1cccc(Br)c1)c1c(C)ccc2ccccc12. The lowest BCUT2D eigenvalue weighted by Crippen LogP contribution is -2.31. The fourth-order valence-electron chi connectivity index (χ4n) is 7.83. The van der Waals surface area contributed by atoms with Gasteiger partial charge < -0.3 is 9.64 Å². The Balaban J connectivity index is 1.43. The number of hydrogen-bond donors (Lipinski definition) is 0. The third-order valence-corrected chi connectivity index (χ3v) is 10.5. The Morgan fingerprint density at radius 1 is 1.00 bits per heavy atom. The van der Waals surface area contributed by atoms with Crippen molar-refractivity contribution in [2.75, 3.05) is 19.1 Å². The Morgan fingerprint density at radius 3 is 2.56 bits per heavy atom. The fraction of sp³-hybridized carbons (Fsp3) is 0.300. The van der Waals surface area contributed by atoms with Gasteiger partial charge in [-0.3, -0.25) is 0 Å². The van der Waals surface area contributed by atoms with E-state index in [-0.39, 0.29) is 10.8 Å². The highest BCUT2D eigenvalue weighted by Gasteiger charge is 2.46. The Kier molecular flexibility index (Phi) is 8.13. The van der Waals surface area contributed by atoms with Crippen molar-refractivity contribution in [1.29, 1.82) is 0 Å². The van der Waals surface area contributed by atoms with Crippen LogP contribution in [0, 0.1) is 6.92 Å². The normalized spacial score (nSPS) is 18.3. The van der Waals surface area contributed by atoms with Gasteiger partial charge in [0.25, 0.3) is 0 Å². The van der Waals surface area contributed by atoms with Crippen LogP contribution >= 0.6 is 15.9 Å². The van der Waals surface area contributed by atoms with Crippen molar-refractivity contribution in [3.05, 3.63) is 142 Å². The minimum absolute atomic E-state index is 0.0361. The number of halogens is 1. The van der Waals surface area contributed by atoms with Gasteiger partial charge in [-0.25, -0.2) is 0 Å². The smallest absolute Gasteiger partial charge is 0.119 e. The maximum Gasteiger partial charge on any atom is 0.119 e. The lowest BCUT2D eigenvalue weighted by molar-refractivity contribution is 0.345. The first-order valence-corrected chi connectivity index (χ1v) is 16.3. The molecule has 0 radical (unpaired) electrons. The lowest BCUT2D eigenvalue weighted by Gasteiger charge is -2.36. The van der Waals surface area contributed by atoms with Crippen LogP contribution in [0.4, 0.5) is 5.69 Å². The number of fused-ring (bicyclic) bond motifs is 3. The van der Waals surface area contributed by atoms with Gasteiger partial charge in [0.2, 0.25) is 0 Å². The van der Waals surface area contributed by atoms with Crippen LogP contribution < -0.4 is 9.64 Å². The minimum atomic E-state index is -0.304. The molecule has 0 saturated heterocycles. The molecular formula is C40H42BrNO. The van der Waals surface area contributed by atoms with Crippen molar-refractivity contribution >= 4 is 32.4 Å². The summed E-state index contributed by atoms with van der Waals surface area (Å²) >= 11 is 3.70. The van der Waals surface area contributed by atoms with Gasteiger partial charge in [-0.15, -0.1) is 0 Å². The average Bonchev–Trinajstić information content (AvgIpc) is 3.23. The van der Waals surface area contributed by atoms with Crippen molar-refractivity contribution in [3.8, 4) is 5.75 Å². The van der Waals surface area contributed by atoms with Gasteiger partial charge in [-0.2, -0.15) is 0 Å². The molecule has 1 unspecified atom stereocenters. The molecule has 4 aromatic rings. The van der Waals surface area contributed by atoms with E-state index in [9.17, 15) is 0 Å². The second-order valence-corrected chi connectivity index (χ2v) is 13.6. The third kappa shape index (κ3) is 5.27. The van der Waals surface area contributed by atoms with E-state index in [2.05, 4.69) is 139 Å². The molecule has 0 N–H and O–H groups in total. The van der Waals surface area contributed by atoms with E-state index in [1.54, 1.807) is 7.11 Å². The molecule has 220 valence electrons. The van der Waals surface area contributed by atoms with Crippen LogP contribution in [0.1, 0.15) is 61.3 Å². The Morgan fingerprint density at radius 2 is 1.79 bits per heavy atom. The molecule has 43 heavy (non-hydrogen) atoms. The summed E-state index contributed by atoms with van der Waals surface area (Å²) in [6, 6.07) is 28.6. The van der Waals surface area contributed by atoms with Gasteiger partial charge in [0.15, 0.2) is 0 Å². The Hall–Kier alpha value is -3.56. The lowest BCUT2D eigenvalue weighted by atomic mass is 9.68. The number of nitrogens with zero attached hydrogens (tertiary/aromatic N) is 1. The first kappa shape index (κ1) is 29.5. The van der Waals surface area contributed by atoms with Crippen LogP contribution in [-0.2, 0) is 17.3 Å². The van der Waals surface area contributed by atoms with Crippen LogP contribution in [0.5, 0.6) is 5.75 Å². The number of aryl methyl sites for hydroxylation is 1. The maximum absolute atomic E-state index is 5.67. The summed E-state index contributed by atoms with van der Waals surface area (Å²) in [6.07, 6.45) is 13.9. The molecular weight excluding hydrogens is 590 g/mol. The van der Waals surface area contributed by atoms with Gasteiger partial charge >= 0.3 is 0 Å². The summed E-state index contributed by atoms with van der Waals surface area (Å²) in [5, 5.41) is 2.57. The molecule has 3 heteroatoms. The van der Waals surface area contributed by atoms with Crippen LogP contribution in [0.3, 0.4) is 0 Å². The van der Waals surface area contributed by atoms with E-state index >= 15 is 0 Å². The van der Waals surface area contributed by atoms with Gasteiger partial charge in [0.1, 0.15) is 5.75 Å². The summed E-state index contributed by atoms with van der Waals surface area (Å²) in [5.41, 5.74) is 8.88. The number of anilines is 1. The van der Waals surface area contributed by atoms with Crippen molar-refractivity contribution in [1.82, 2.24) is 0 Å². The number of benzene rings is 4. The molecule has 1 aliphatic carbocycles. The minimum Gasteiger partial charge on any atom is -0.497 e. The van der Waals surface area contributed by atoms with E-state index in [0.29, 0.717) is 0 Å². The second kappa shape index (κ2) is 11.8.